The first-order chi connectivity index (χ1) is 11.1. The van der Waals surface area contributed by atoms with Crippen LogP contribution in [-0.2, 0) is 6.54 Å². The van der Waals surface area contributed by atoms with E-state index in [9.17, 15) is 9.59 Å². The number of hydrogen-bond donors (Lipinski definition) is 1. The van der Waals surface area contributed by atoms with E-state index >= 15 is 0 Å². The molecule has 3 aromatic rings. The van der Waals surface area contributed by atoms with Crippen LogP contribution in [0.3, 0.4) is 0 Å². The number of nitriles is 1. The molecule has 1 N–H and O–H groups in total. The Morgan fingerprint density at radius 2 is 1.70 bits per heavy atom. The highest BCUT2D eigenvalue weighted by molar-refractivity contribution is 5.38. The van der Waals surface area contributed by atoms with E-state index < -0.39 is 11.4 Å². The smallest absolute Gasteiger partial charge is 0.246 e. The van der Waals surface area contributed by atoms with Crippen LogP contribution in [0.1, 0.15) is 16.7 Å². The van der Waals surface area contributed by atoms with E-state index in [1.165, 1.54) is 4.68 Å². The average Bonchev–Trinajstić information content (AvgIpc) is 2.85. The second-order valence-electron chi connectivity index (χ2n) is 5.27. The van der Waals surface area contributed by atoms with Crippen LogP contribution in [0, 0.1) is 18.3 Å². The Hall–Kier alpha value is -3.33. The van der Waals surface area contributed by atoms with Crippen molar-refractivity contribution in [3.8, 4) is 11.8 Å². The van der Waals surface area contributed by atoms with Crippen molar-refractivity contribution in [2.45, 2.75) is 13.5 Å². The molecule has 0 aliphatic rings. The van der Waals surface area contributed by atoms with Crippen LogP contribution in [0.2, 0.25) is 0 Å². The zero-order chi connectivity index (χ0) is 16.4. The molecular formula is C17H14N4O2. The maximum atomic E-state index is 12.4. The van der Waals surface area contributed by atoms with Gasteiger partial charge in [0.05, 0.1) is 23.9 Å². The molecule has 2 aromatic carbocycles. The maximum absolute atomic E-state index is 12.4. The van der Waals surface area contributed by atoms with Gasteiger partial charge in [-0.15, -0.1) is 0 Å². The third-order valence-electron chi connectivity index (χ3n) is 3.59. The fourth-order valence-corrected chi connectivity index (χ4v) is 2.29. The van der Waals surface area contributed by atoms with Gasteiger partial charge in [0, 0.05) is 0 Å². The van der Waals surface area contributed by atoms with Gasteiger partial charge in [0.25, 0.3) is 0 Å². The summed E-state index contributed by atoms with van der Waals surface area (Å²) in [5, 5.41) is 11.3. The van der Waals surface area contributed by atoms with Crippen LogP contribution in [0.15, 0.2) is 58.1 Å². The summed E-state index contributed by atoms with van der Waals surface area (Å²) in [5.74, 6) is 0. The van der Waals surface area contributed by atoms with Crippen LogP contribution in [0.5, 0.6) is 0 Å². The summed E-state index contributed by atoms with van der Waals surface area (Å²) < 4.78 is 2.32. The van der Waals surface area contributed by atoms with Gasteiger partial charge < -0.3 is 0 Å². The number of benzene rings is 2. The normalized spacial score (nSPS) is 10.4. The standard InChI is InChI=1S/C17H14N4O2/c1-12-2-4-14(5-3-12)11-20-16(22)19-21(17(20)23)15-8-6-13(10-18)7-9-15/h2-9H,11H2,1H3,(H,19,22). The third-order valence-corrected chi connectivity index (χ3v) is 3.59. The van der Waals surface area contributed by atoms with Crippen molar-refractivity contribution in [2.75, 3.05) is 0 Å². The molecule has 0 aliphatic carbocycles. The van der Waals surface area contributed by atoms with Crippen LogP contribution >= 0.6 is 0 Å². The fraction of sp³-hybridized carbons (Fsp3) is 0.118. The quantitative estimate of drug-likeness (QED) is 0.797. The zero-order valence-corrected chi connectivity index (χ0v) is 12.5. The van der Waals surface area contributed by atoms with Crippen molar-refractivity contribution in [2.24, 2.45) is 0 Å². The van der Waals surface area contributed by atoms with E-state index in [4.69, 9.17) is 5.26 Å². The molecule has 0 unspecified atom stereocenters. The van der Waals surface area contributed by atoms with E-state index in [-0.39, 0.29) is 6.54 Å². The topological polar surface area (TPSA) is 83.6 Å². The molecule has 3 rings (SSSR count). The van der Waals surface area contributed by atoms with Crippen molar-refractivity contribution in [1.29, 1.82) is 5.26 Å². The van der Waals surface area contributed by atoms with Gasteiger partial charge >= 0.3 is 11.4 Å². The molecule has 6 heteroatoms. The second kappa shape index (κ2) is 5.81. The maximum Gasteiger partial charge on any atom is 0.352 e. The van der Waals surface area contributed by atoms with Crippen LogP contribution < -0.4 is 11.4 Å². The molecule has 0 saturated carbocycles. The molecule has 0 radical (unpaired) electrons. The molecule has 114 valence electrons. The number of nitrogens with zero attached hydrogens (tertiary/aromatic N) is 3. The third kappa shape index (κ3) is 2.85. The number of aromatic nitrogens is 3. The molecule has 0 atom stereocenters. The first-order valence-corrected chi connectivity index (χ1v) is 7.06. The fourth-order valence-electron chi connectivity index (χ4n) is 2.29. The number of rotatable bonds is 3. The molecule has 0 bridgehead atoms. The molecule has 1 heterocycles. The summed E-state index contributed by atoms with van der Waals surface area (Å²) in [6, 6.07) is 16.1. The summed E-state index contributed by atoms with van der Waals surface area (Å²) in [5.41, 5.74) is 2.07. The minimum Gasteiger partial charge on any atom is -0.246 e. The van der Waals surface area contributed by atoms with Crippen molar-refractivity contribution in [1.82, 2.24) is 14.3 Å². The molecule has 0 aliphatic heterocycles. The number of nitrogens with one attached hydrogen (secondary N) is 1. The van der Waals surface area contributed by atoms with Gasteiger partial charge in [0.1, 0.15) is 0 Å². The molecule has 0 amide bonds. The van der Waals surface area contributed by atoms with Gasteiger partial charge in [0.15, 0.2) is 0 Å². The van der Waals surface area contributed by atoms with Crippen LogP contribution in [0.25, 0.3) is 5.69 Å². The van der Waals surface area contributed by atoms with E-state index in [1.807, 2.05) is 37.3 Å². The lowest BCUT2D eigenvalue weighted by Crippen LogP contribution is -2.28. The second-order valence-corrected chi connectivity index (χ2v) is 5.27. The van der Waals surface area contributed by atoms with Crippen LogP contribution in [0.4, 0.5) is 0 Å². The lowest BCUT2D eigenvalue weighted by atomic mass is 10.1. The number of aryl methyl sites for hydroxylation is 1. The van der Waals surface area contributed by atoms with E-state index in [2.05, 4.69) is 5.10 Å². The SMILES string of the molecule is Cc1ccc(Cn2c(=O)[nH]n(-c3ccc(C#N)cc3)c2=O)cc1. The van der Waals surface area contributed by atoms with E-state index in [1.54, 1.807) is 24.3 Å². The average molecular weight is 306 g/mol. The van der Waals surface area contributed by atoms with E-state index in [0.29, 0.717) is 11.3 Å². The van der Waals surface area contributed by atoms with Crippen molar-refractivity contribution in [3.63, 3.8) is 0 Å². The Kier molecular flexibility index (Phi) is 3.69. The van der Waals surface area contributed by atoms with Gasteiger partial charge in [-0.3, -0.25) is 0 Å². The number of H-pyrrole nitrogens is 1. The van der Waals surface area contributed by atoms with Gasteiger partial charge in [-0.05, 0) is 36.8 Å². The Morgan fingerprint density at radius 1 is 1.04 bits per heavy atom. The monoisotopic (exact) mass is 306 g/mol. The largest absolute Gasteiger partial charge is 0.352 e. The minimum atomic E-state index is -0.472. The summed E-state index contributed by atoms with van der Waals surface area (Å²) >= 11 is 0. The van der Waals surface area contributed by atoms with Crippen molar-refractivity contribution < 1.29 is 0 Å². The summed E-state index contributed by atoms with van der Waals surface area (Å²) in [4.78, 5) is 24.5. The van der Waals surface area contributed by atoms with Crippen molar-refractivity contribution >= 4 is 0 Å². The number of hydrogen-bond acceptors (Lipinski definition) is 3. The van der Waals surface area contributed by atoms with Crippen molar-refractivity contribution in [3.05, 3.63) is 86.2 Å². The molecule has 23 heavy (non-hydrogen) atoms. The molecule has 1 aromatic heterocycles. The van der Waals surface area contributed by atoms with Gasteiger partial charge in [0.2, 0.25) is 0 Å². The summed E-state index contributed by atoms with van der Waals surface area (Å²) in [6.45, 7) is 2.18. The summed E-state index contributed by atoms with van der Waals surface area (Å²) in [6.07, 6.45) is 0. The molecule has 6 nitrogen and oxygen atoms in total. The Balaban J connectivity index is 1.99. The first kappa shape index (κ1) is 14.6. The number of aromatic amines is 1. The Labute approximate surface area is 131 Å². The lowest BCUT2D eigenvalue weighted by molar-refractivity contribution is 0.722. The molecule has 0 spiro atoms. The zero-order valence-electron chi connectivity index (χ0n) is 12.5. The molecule has 0 fully saturated rings. The minimum absolute atomic E-state index is 0.206. The summed E-state index contributed by atoms with van der Waals surface area (Å²) in [7, 11) is 0. The van der Waals surface area contributed by atoms with E-state index in [0.717, 1.165) is 15.7 Å². The predicted molar refractivity (Wildman–Crippen MR) is 85.6 cm³/mol. The first-order valence-electron chi connectivity index (χ1n) is 7.06. The Bertz CT molecular complexity index is 983. The lowest BCUT2D eigenvalue weighted by Gasteiger charge is -2.02. The Morgan fingerprint density at radius 3 is 2.30 bits per heavy atom. The highest BCUT2D eigenvalue weighted by Gasteiger charge is 2.11. The molecular weight excluding hydrogens is 292 g/mol. The predicted octanol–water partition coefficient (Wildman–Crippen LogP) is 1.56. The highest BCUT2D eigenvalue weighted by Crippen LogP contribution is 2.06. The van der Waals surface area contributed by atoms with Gasteiger partial charge in [-0.1, -0.05) is 29.8 Å². The van der Waals surface area contributed by atoms with Crippen LogP contribution in [-0.4, -0.2) is 14.3 Å². The molecule has 0 saturated heterocycles. The van der Waals surface area contributed by atoms with Gasteiger partial charge in [-0.2, -0.15) is 5.26 Å². The van der Waals surface area contributed by atoms with Gasteiger partial charge in [-0.25, -0.2) is 23.9 Å². The highest BCUT2D eigenvalue weighted by atomic mass is 16.2.